The molecular weight excluding hydrogens is 246 g/mol. The summed E-state index contributed by atoms with van der Waals surface area (Å²) in [5, 5.41) is 14.3. The number of unbranched alkanes of at least 4 members (excludes halogenated alkanes) is 1. The van der Waals surface area contributed by atoms with Gasteiger partial charge in [-0.15, -0.1) is 0 Å². The number of nitrogens with one attached hydrogen (secondary N) is 2. The van der Waals surface area contributed by atoms with Crippen molar-refractivity contribution in [3.63, 3.8) is 0 Å². The molecule has 116 valence electrons. The number of carbonyl (C=O) groups is 1. The molecule has 0 aliphatic heterocycles. The Morgan fingerprint density at radius 1 is 0.789 bits per heavy atom. The Balaban J connectivity index is 0. The molecule has 19 heavy (non-hydrogen) atoms. The normalized spacial score (nSPS) is 9.84. The van der Waals surface area contributed by atoms with Crippen molar-refractivity contribution >= 4 is 5.97 Å². The van der Waals surface area contributed by atoms with Gasteiger partial charge in [-0.2, -0.15) is 0 Å². The Labute approximate surface area is 116 Å². The first-order chi connectivity index (χ1) is 9.18. The summed E-state index contributed by atoms with van der Waals surface area (Å²) < 4.78 is 0. The molecular formula is C12H31N5O2. The van der Waals surface area contributed by atoms with Gasteiger partial charge in [-0.05, 0) is 65.0 Å². The van der Waals surface area contributed by atoms with Gasteiger partial charge in [-0.1, -0.05) is 0 Å². The van der Waals surface area contributed by atoms with E-state index in [0.717, 1.165) is 52.1 Å². The lowest BCUT2D eigenvalue weighted by Gasteiger charge is -2.04. The lowest BCUT2D eigenvalue weighted by atomic mass is 10.3. The Morgan fingerprint density at radius 2 is 1.11 bits per heavy atom. The van der Waals surface area contributed by atoms with Crippen LogP contribution in [0, 0.1) is 0 Å². The minimum atomic E-state index is -0.968. The zero-order chi connectivity index (χ0) is 14.8. The fourth-order valence-corrected chi connectivity index (χ4v) is 1.20. The van der Waals surface area contributed by atoms with Crippen LogP contribution in [0.15, 0.2) is 0 Å². The summed E-state index contributed by atoms with van der Waals surface area (Å²) in [5.41, 5.74) is 15.3. The monoisotopic (exact) mass is 277 g/mol. The number of rotatable bonds is 12. The molecule has 0 spiro atoms. The minimum absolute atomic E-state index is 0.278. The molecule has 0 aliphatic carbocycles. The molecule has 0 rings (SSSR count). The zero-order valence-corrected chi connectivity index (χ0v) is 11.9. The van der Waals surface area contributed by atoms with Crippen LogP contribution in [-0.2, 0) is 4.79 Å². The Kier molecular flexibility index (Phi) is 21.2. The average molecular weight is 277 g/mol. The van der Waals surface area contributed by atoms with Crippen molar-refractivity contribution < 1.29 is 9.90 Å². The van der Waals surface area contributed by atoms with Crippen molar-refractivity contribution in [3.05, 3.63) is 0 Å². The maximum absolute atomic E-state index is 9.24. The van der Waals surface area contributed by atoms with Crippen molar-refractivity contribution in [3.8, 4) is 0 Å². The largest absolute Gasteiger partial charge is 0.480 e. The number of carboxylic acids is 1. The van der Waals surface area contributed by atoms with Crippen LogP contribution in [0.2, 0.25) is 0 Å². The van der Waals surface area contributed by atoms with Crippen LogP contribution < -0.4 is 27.8 Å². The van der Waals surface area contributed by atoms with Gasteiger partial charge in [0.05, 0.1) is 6.54 Å². The van der Waals surface area contributed by atoms with Gasteiger partial charge >= 0.3 is 5.97 Å². The van der Waals surface area contributed by atoms with Crippen LogP contribution in [0.1, 0.15) is 25.7 Å². The van der Waals surface area contributed by atoms with Crippen LogP contribution in [0.4, 0.5) is 0 Å². The lowest BCUT2D eigenvalue weighted by molar-refractivity contribution is -0.135. The molecule has 0 heterocycles. The first-order valence-corrected chi connectivity index (χ1v) is 6.92. The van der Waals surface area contributed by atoms with E-state index in [4.69, 9.17) is 16.6 Å². The molecule has 0 aromatic carbocycles. The highest BCUT2D eigenvalue weighted by atomic mass is 16.4. The highest BCUT2D eigenvalue weighted by Gasteiger charge is 1.89. The van der Waals surface area contributed by atoms with Gasteiger partial charge in [0.2, 0.25) is 0 Å². The van der Waals surface area contributed by atoms with Crippen molar-refractivity contribution in [1.29, 1.82) is 0 Å². The molecule has 0 aliphatic rings. The van der Waals surface area contributed by atoms with Gasteiger partial charge in [0.15, 0.2) is 0 Å². The molecule has 0 unspecified atom stereocenters. The van der Waals surface area contributed by atoms with Gasteiger partial charge in [-0.25, -0.2) is 0 Å². The van der Waals surface area contributed by atoms with E-state index < -0.39 is 5.97 Å². The first kappa shape index (κ1) is 20.6. The molecule has 0 amide bonds. The van der Waals surface area contributed by atoms with E-state index in [1.54, 1.807) is 0 Å². The van der Waals surface area contributed by atoms with E-state index in [-0.39, 0.29) is 6.54 Å². The Morgan fingerprint density at radius 3 is 1.37 bits per heavy atom. The summed E-state index contributed by atoms with van der Waals surface area (Å²) in [7, 11) is 0. The van der Waals surface area contributed by atoms with E-state index in [9.17, 15) is 4.79 Å². The van der Waals surface area contributed by atoms with E-state index in [1.807, 2.05) is 0 Å². The van der Waals surface area contributed by atoms with Crippen LogP contribution >= 0.6 is 0 Å². The fourth-order valence-electron chi connectivity index (χ4n) is 1.20. The van der Waals surface area contributed by atoms with Crippen molar-refractivity contribution in [1.82, 2.24) is 10.6 Å². The molecule has 0 aromatic rings. The van der Waals surface area contributed by atoms with E-state index in [1.165, 1.54) is 12.8 Å². The maximum atomic E-state index is 9.24. The Hall–Kier alpha value is -0.730. The molecule has 0 aromatic heterocycles. The van der Waals surface area contributed by atoms with Gasteiger partial charge < -0.3 is 32.9 Å². The van der Waals surface area contributed by atoms with Crippen LogP contribution in [0.3, 0.4) is 0 Å². The summed E-state index contributed by atoms with van der Waals surface area (Å²) in [4.78, 5) is 9.24. The Bertz CT molecular complexity index is 170. The predicted molar refractivity (Wildman–Crippen MR) is 79.0 cm³/mol. The molecule has 7 nitrogen and oxygen atoms in total. The van der Waals surface area contributed by atoms with E-state index in [2.05, 4.69) is 16.4 Å². The molecule has 0 atom stereocenters. The van der Waals surface area contributed by atoms with Crippen LogP contribution in [0.25, 0.3) is 0 Å². The zero-order valence-electron chi connectivity index (χ0n) is 11.9. The summed E-state index contributed by atoms with van der Waals surface area (Å²) in [5.74, 6) is -0.968. The smallest absolute Gasteiger partial charge is 0.317 e. The summed E-state index contributed by atoms with van der Waals surface area (Å²) >= 11 is 0. The molecule has 0 bridgehead atoms. The number of nitrogens with two attached hydrogens (primary N) is 3. The average Bonchev–Trinajstić information content (AvgIpc) is 2.41. The van der Waals surface area contributed by atoms with Crippen molar-refractivity contribution in [2.75, 3.05) is 45.8 Å². The second-order valence-electron chi connectivity index (χ2n) is 4.09. The van der Waals surface area contributed by atoms with Gasteiger partial charge in [0.1, 0.15) is 0 Å². The predicted octanol–water partition coefficient (Wildman–Crippen LogP) is -1.33. The quantitative estimate of drug-likeness (QED) is 0.243. The molecule has 7 heteroatoms. The minimum Gasteiger partial charge on any atom is -0.480 e. The highest BCUT2D eigenvalue weighted by Crippen LogP contribution is 1.84. The molecule has 0 saturated carbocycles. The van der Waals surface area contributed by atoms with Crippen molar-refractivity contribution in [2.24, 2.45) is 17.2 Å². The van der Waals surface area contributed by atoms with Gasteiger partial charge in [-0.3, -0.25) is 4.79 Å². The second kappa shape index (κ2) is 19.6. The molecule has 9 N–H and O–H groups in total. The third-order valence-corrected chi connectivity index (χ3v) is 2.25. The van der Waals surface area contributed by atoms with Crippen molar-refractivity contribution in [2.45, 2.75) is 25.7 Å². The third-order valence-electron chi connectivity index (χ3n) is 2.25. The maximum Gasteiger partial charge on any atom is 0.317 e. The first-order valence-electron chi connectivity index (χ1n) is 6.92. The summed E-state index contributed by atoms with van der Waals surface area (Å²) in [6, 6.07) is 0. The lowest BCUT2D eigenvalue weighted by Crippen LogP contribution is -2.22. The van der Waals surface area contributed by atoms with E-state index >= 15 is 0 Å². The van der Waals surface area contributed by atoms with Crippen LogP contribution in [-0.4, -0.2) is 56.9 Å². The summed E-state index contributed by atoms with van der Waals surface area (Å²) in [6.45, 7) is 5.62. The number of hydrogen-bond acceptors (Lipinski definition) is 6. The summed E-state index contributed by atoms with van der Waals surface area (Å²) in [6.07, 6.45) is 4.63. The standard InChI is InChI=1S/C10H26N4.C2H5NO2/c11-5-3-9-13-7-1-2-8-14-10-4-6-12;3-1-2(4)5/h13-14H,1-12H2;1,3H2,(H,4,5). The second-order valence-corrected chi connectivity index (χ2v) is 4.09. The van der Waals surface area contributed by atoms with Gasteiger partial charge in [0.25, 0.3) is 0 Å². The van der Waals surface area contributed by atoms with E-state index in [0.29, 0.717) is 0 Å². The SMILES string of the molecule is NCC(=O)O.NCCCNCCCCNCCCN. The molecule has 0 radical (unpaired) electrons. The number of carboxylic acid groups (broad SMARTS) is 1. The third kappa shape index (κ3) is 26.7. The number of hydrogen-bond donors (Lipinski definition) is 6. The fraction of sp³-hybridized carbons (Fsp3) is 0.917. The van der Waals surface area contributed by atoms with Gasteiger partial charge in [0, 0.05) is 0 Å². The molecule has 0 saturated heterocycles. The van der Waals surface area contributed by atoms with Crippen LogP contribution in [0.5, 0.6) is 0 Å². The topological polar surface area (TPSA) is 139 Å². The highest BCUT2D eigenvalue weighted by molar-refractivity contribution is 5.68. The number of aliphatic carboxylic acids is 1. The molecule has 0 fully saturated rings.